The zero-order chi connectivity index (χ0) is 41.3. The zero-order valence-electron chi connectivity index (χ0n) is 34.3. The van der Waals surface area contributed by atoms with E-state index in [1.165, 1.54) is 77.9 Å². The van der Waals surface area contributed by atoms with Gasteiger partial charge in [-0.15, -0.1) is 0 Å². The quantitative estimate of drug-likeness (QED) is 0.141. The maximum Gasteiger partial charge on any atom is 0.0713 e. The number of hydrogen-bond acceptors (Lipinski definition) is 1. The van der Waals surface area contributed by atoms with E-state index in [0.717, 1.165) is 17.1 Å². The lowest BCUT2D eigenvalue weighted by Crippen LogP contribution is -2.28. The molecule has 1 aliphatic rings. The molecule has 292 valence electrons. The minimum absolute atomic E-state index is 0.457. The number of hydrogen-bond donors (Lipinski definition) is 0. The van der Waals surface area contributed by atoms with Crippen molar-refractivity contribution in [1.82, 2.24) is 0 Å². The van der Waals surface area contributed by atoms with Crippen LogP contribution in [0, 0.1) is 0 Å². The molecule has 10 aromatic carbocycles. The molecule has 10 aromatic rings. The molecular formula is C61H43N. The number of benzene rings is 10. The molecule has 62 heavy (non-hydrogen) atoms. The van der Waals surface area contributed by atoms with E-state index in [4.69, 9.17) is 0 Å². The molecule has 0 amide bonds. The molecule has 1 aliphatic carbocycles. The molecule has 0 fully saturated rings. The van der Waals surface area contributed by atoms with Crippen molar-refractivity contribution in [3.8, 4) is 55.6 Å². The first-order valence-corrected chi connectivity index (χ1v) is 21.4. The van der Waals surface area contributed by atoms with Crippen LogP contribution < -0.4 is 4.90 Å². The Hall–Kier alpha value is -8.00. The molecule has 0 radical (unpaired) electrons. The van der Waals surface area contributed by atoms with E-state index in [1.807, 2.05) is 0 Å². The van der Waals surface area contributed by atoms with Gasteiger partial charge in [0, 0.05) is 17.1 Å². The monoisotopic (exact) mass is 789 g/mol. The third kappa shape index (κ3) is 6.52. The standard InChI is InChI=1S/C61H43N/c1-4-15-44(16-5-1)46-27-29-48(30-28-46)49-35-39-54(40-36-49)62(56-22-14-19-51(43-56)50-33-31-47(32-34-50)45-17-6-2-7-18-45)55-41-37-53(38-42-55)61(52-20-8-3-9-21-52)59-25-12-10-23-57(59)58-24-11-13-26-60(58)61/h1-43H. The second-order valence-electron chi connectivity index (χ2n) is 16.1. The number of fused-ring (bicyclic) bond motifs is 3. The third-order valence-electron chi connectivity index (χ3n) is 12.6. The van der Waals surface area contributed by atoms with E-state index in [2.05, 4.69) is 266 Å². The minimum atomic E-state index is -0.457. The van der Waals surface area contributed by atoms with Crippen LogP contribution in [0.4, 0.5) is 17.1 Å². The largest absolute Gasteiger partial charge is 0.310 e. The molecule has 0 heterocycles. The highest BCUT2D eigenvalue weighted by molar-refractivity contribution is 5.87. The SMILES string of the molecule is c1ccc(-c2ccc(-c3ccc(N(c4ccc(C5(c6ccccc6)c6ccccc6-c6ccccc65)cc4)c4cccc(-c5ccc(-c6ccccc6)cc5)c4)cc3)cc2)cc1. The summed E-state index contributed by atoms with van der Waals surface area (Å²) in [5.74, 6) is 0. The van der Waals surface area contributed by atoms with Crippen LogP contribution in [0.25, 0.3) is 55.6 Å². The van der Waals surface area contributed by atoms with Crippen LogP contribution in [0.1, 0.15) is 22.3 Å². The maximum absolute atomic E-state index is 2.39. The van der Waals surface area contributed by atoms with Crippen molar-refractivity contribution in [2.75, 3.05) is 4.90 Å². The Bertz CT molecular complexity index is 3070. The molecule has 0 atom stereocenters. The van der Waals surface area contributed by atoms with E-state index in [1.54, 1.807) is 0 Å². The van der Waals surface area contributed by atoms with Gasteiger partial charge in [-0.25, -0.2) is 0 Å². The summed E-state index contributed by atoms with van der Waals surface area (Å²) in [6, 6.07) is 95.1. The molecule has 11 rings (SSSR count). The van der Waals surface area contributed by atoms with Gasteiger partial charge in [0.05, 0.1) is 5.41 Å². The Morgan fingerprint density at radius 2 is 0.565 bits per heavy atom. The van der Waals surface area contributed by atoms with Crippen LogP contribution in [-0.4, -0.2) is 0 Å². The first kappa shape index (κ1) is 37.0. The fourth-order valence-corrected chi connectivity index (χ4v) is 9.62. The average Bonchev–Trinajstić information content (AvgIpc) is 3.67. The normalized spacial score (nSPS) is 12.3. The lowest BCUT2D eigenvalue weighted by Gasteiger charge is -2.34. The van der Waals surface area contributed by atoms with E-state index in [-0.39, 0.29) is 0 Å². The highest BCUT2D eigenvalue weighted by Gasteiger charge is 2.45. The first-order valence-electron chi connectivity index (χ1n) is 21.4. The summed E-state index contributed by atoms with van der Waals surface area (Å²) in [5.41, 5.74) is 20.1. The van der Waals surface area contributed by atoms with Gasteiger partial charge in [0.2, 0.25) is 0 Å². The van der Waals surface area contributed by atoms with Crippen LogP contribution in [-0.2, 0) is 5.41 Å². The summed E-state index contributed by atoms with van der Waals surface area (Å²) in [5, 5.41) is 0. The Balaban J connectivity index is 1.01. The van der Waals surface area contributed by atoms with E-state index >= 15 is 0 Å². The van der Waals surface area contributed by atoms with Gasteiger partial charge in [-0.2, -0.15) is 0 Å². The molecule has 0 unspecified atom stereocenters. The highest BCUT2D eigenvalue weighted by atomic mass is 15.1. The zero-order valence-corrected chi connectivity index (χ0v) is 34.3. The van der Waals surface area contributed by atoms with Crippen LogP contribution in [0.15, 0.2) is 261 Å². The van der Waals surface area contributed by atoms with Crippen molar-refractivity contribution in [3.63, 3.8) is 0 Å². The fraction of sp³-hybridized carbons (Fsp3) is 0.0164. The Kier molecular flexibility index (Phi) is 9.48. The van der Waals surface area contributed by atoms with Gasteiger partial charge < -0.3 is 4.90 Å². The molecule has 0 aliphatic heterocycles. The van der Waals surface area contributed by atoms with Gasteiger partial charge in [-0.1, -0.05) is 224 Å². The molecular weight excluding hydrogens is 747 g/mol. The van der Waals surface area contributed by atoms with Crippen molar-refractivity contribution >= 4 is 17.1 Å². The Morgan fingerprint density at radius 1 is 0.226 bits per heavy atom. The average molecular weight is 790 g/mol. The summed E-state index contributed by atoms with van der Waals surface area (Å²) in [6.45, 7) is 0. The lowest BCUT2D eigenvalue weighted by molar-refractivity contribution is 0.768. The Labute approximate surface area is 364 Å². The Morgan fingerprint density at radius 3 is 1.05 bits per heavy atom. The predicted octanol–water partition coefficient (Wildman–Crippen LogP) is 16.2. The van der Waals surface area contributed by atoms with Gasteiger partial charge in [-0.3, -0.25) is 0 Å². The number of nitrogens with zero attached hydrogens (tertiary/aromatic N) is 1. The van der Waals surface area contributed by atoms with Crippen LogP contribution in [0.3, 0.4) is 0 Å². The highest BCUT2D eigenvalue weighted by Crippen LogP contribution is 2.56. The van der Waals surface area contributed by atoms with Gasteiger partial charge in [0.15, 0.2) is 0 Å². The van der Waals surface area contributed by atoms with Crippen molar-refractivity contribution in [1.29, 1.82) is 0 Å². The molecule has 1 heteroatoms. The van der Waals surface area contributed by atoms with Crippen LogP contribution in [0.5, 0.6) is 0 Å². The van der Waals surface area contributed by atoms with Crippen molar-refractivity contribution in [2.24, 2.45) is 0 Å². The molecule has 0 spiro atoms. The summed E-state index contributed by atoms with van der Waals surface area (Å²) in [6.07, 6.45) is 0. The van der Waals surface area contributed by atoms with Crippen molar-refractivity contribution in [3.05, 3.63) is 283 Å². The maximum atomic E-state index is 2.39. The van der Waals surface area contributed by atoms with Crippen molar-refractivity contribution < 1.29 is 0 Å². The third-order valence-corrected chi connectivity index (χ3v) is 12.6. The number of anilines is 3. The van der Waals surface area contributed by atoms with E-state index in [0.29, 0.717) is 0 Å². The van der Waals surface area contributed by atoms with Crippen LogP contribution >= 0.6 is 0 Å². The molecule has 0 bridgehead atoms. The summed E-state index contributed by atoms with van der Waals surface area (Å²) in [7, 11) is 0. The minimum Gasteiger partial charge on any atom is -0.310 e. The first-order chi connectivity index (χ1) is 30.7. The van der Waals surface area contributed by atoms with Gasteiger partial charge in [0.1, 0.15) is 0 Å². The second-order valence-corrected chi connectivity index (χ2v) is 16.1. The van der Waals surface area contributed by atoms with Gasteiger partial charge in [0.25, 0.3) is 0 Å². The molecule has 0 N–H and O–H groups in total. The lowest BCUT2D eigenvalue weighted by atomic mass is 9.68. The predicted molar refractivity (Wildman–Crippen MR) is 260 cm³/mol. The fourth-order valence-electron chi connectivity index (χ4n) is 9.62. The molecule has 1 nitrogen and oxygen atoms in total. The van der Waals surface area contributed by atoms with Crippen molar-refractivity contribution in [2.45, 2.75) is 5.41 Å². The number of rotatable bonds is 9. The summed E-state index contributed by atoms with van der Waals surface area (Å²) >= 11 is 0. The van der Waals surface area contributed by atoms with E-state index < -0.39 is 5.41 Å². The van der Waals surface area contributed by atoms with Gasteiger partial charge >= 0.3 is 0 Å². The van der Waals surface area contributed by atoms with Crippen LogP contribution in [0.2, 0.25) is 0 Å². The molecule has 0 saturated carbocycles. The molecule has 0 aromatic heterocycles. The second kappa shape index (κ2) is 15.9. The van der Waals surface area contributed by atoms with E-state index in [9.17, 15) is 0 Å². The topological polar surface area (TPSA) is 3.24 Å². The van der Waals surface area contributed by atoms with Gasteiger partial charge in [-0.05, 0) is 114 Å². The smallest absolute Gasteiger partial charge is 0.0713 e. The molecule has 0 saturated heterocycles. The summed E-state index contributed by atoms with van der Waals surface area (Å²) < 4.78 is 0. The summed E-state index contributed by atoms with van der Waals surface area (Å²) in [4.78, 5) is 2.39.